The number of aliphatic imine (C=N–C) groups is 1. The second-order valence-corrected chi connectivity index (χ2v) is 9.17. The molecule has 2 fully saturated rings. The van der Waals surface area contributed by atoms with Gasteiger partial charge in [-0.15, -0.1) is 0 Å². The maximum Gasteiger partial charge on any atom is 0.415 e. The van der Waals surface area contributed by atoms with Crippen molar-refractivity contribution in [1.29, 1.82) is 0 Å². The van der Waals surface area contributed by atoms with Crippen LogP contribution >= 0.6 is 11.6 Å². The van der Waals surface area contributed by atoms with Gasteiger partial charge in [-0.1, -0.05) is 17.7 Å². The third-order valence-electron chi connectivity index (χ3n) is 6.35. The first kappa shape index (κ1) is 20.9. The summed E-state index contributed by atoms with van der Waals surface area (Å²) in [4.78, 5) is 23.2. The van der Waals surface area contributed by atoms with Crippen molar-refractivity contribution in [3.63, 3.8) is 0 Å². The van der Waals surface area contributed by atoms with E-state index in [0.29, 0.717) is 23.0 Å². The molecule has 1 spiro atoms. The number of carbonyl (C=O) groups excluding carboxylic acids is 1. The molecule has 0 aliphatic carbocycles. The van der Waals surface area contributed by atoms with Gasteiger partial charge >= 0.3 is 6.09 Å². The summed E-state index contributed by atoms with van der Waals surface area (Å²) >= 11 is 6.33. The fourth-order valence-electron chi connectivity index (χ4n) is 4.72. The average molecular weight is 456 g/mol. The molecule has 9 heteroatoms. The number of nitrogens with one attached hydrogen (secondary N) is 1. The Labute approximate surface area is 192 Å². The molecule has 0 radical (unpaired) electrons. The first-order chi connectivity index (χ1) is 15.3. The molecule has 2 aromatic rings. The number of amides is 1. The Morgan fingerprint density at radius 3 is 2.75 bits per heavy atom. The fourth-order valence-corrected chi connectivity index (χ4v) is 4.89. The Balaban J connectivity index is 1.53. The van der Waals surface area contributed by atoms with Crippen LogP contribution in [-0.2, 0) is 4.74 Å². The van der Waals surface area contributed by atoms with E-state index in [0.717, 1.165) is 35.6 Å². The molecule has 3 aliphatic heterocycles. The number of methoxy groups -OCH3 is 1. The van der Waals surface area contributed by atoms with Gasteiger partial charge in [0, 0.05) is 42.5 Å². The number of rotatable bonds is 4. The van der Waals surface area contributed by atoms with Crippen LogP contribution in [0.2, 0.25) is 5.02 Å². The van der Waals surface area contributed by atoms with Crippen molar-refractivity contribution in [3.8, 4) is 5.75 Å². The average Bonchev–Trinajstić information content (AvgIpc) is 3.09. The van der Waals surface area contributed by atoms with E-state index in [4.69, 9.17) is 21.1 Å². The van der Waals surface area contributed by atoms with Crippen LogP contribution in [-0.4, -0.2) is 68.7 Å². The summed E-state index contributed by atoms with van der Waals surface area (Å²) in [6, 6.07) is 9.64. The molecule has 8 nitrogen and oxygen atoms in total. The van der Waals surface area contributed by atoms with Crippen LogP contribution in [0, 0.1) is 6.92 Å². The highest BCUT2D eigenvalue weighted by atomic mass is 35.5. The number of ether oxygens (including phenoxy) is 2. The Morgan fingerprint density at radius 2 is 2.03 bits per heavy atom. The van der Waals surface area contributed by atoms with Crippen molar-refractivity contribution < 1.29 is 14.3 Å². The minimum absolute atomic E-state index is 0.202. The summed E-state index contributed by atoms with van der Waals surface area (Å²) in [6.07, 6.45) is 1.23. The van der Waals surface area contributed by atoms with E-state index in [1.807, 2.05) is 56.3 Å². The number of fused-ring (bicyclic) bond motifs is 1. The minimum Gasteiger partial charge on any atom is -0.494 e. The summed E-state index contributed by atoms with van der Waals surface area (Å²) in [6.45, 7) is 3.94. The van der Waals surface area contributed by atoms with Crippen LogP contribution in [0.4, 0.5) is 21.9 Å². The number of anilines is 2. The highest BCUT2D eigenvalue weighted by molar-refractivity contribution is 6.31. The summed E-state index contributed by atoms with van der Waals surface area (Å²) in [7, 11) is 5.57. The van der Waals surface area contributed by atoms with Gasteiger partial charge in [0.25, 0.3) is 0 Å². The van der Waals surface area contributed by atoms with Crippen LogP contribution in [0.3, 0.4) is 0 Å². The van der Waals surface area contributed by atoms with E-state index >= 15 is 0 Å². The minimum atomic E-state index is -0.447. The zero-order valence-corrected chi connectivity index (χ0v) is 19.3. The van der Waals surface area contributed by atoms with E-state index in [-0.39, 0.29) is 12.3 Å². The van der Waals surface area contributed by atoms with Gasteiger partial charge in [0.2, 0.25) is 0 Å². The molecule has 1 atom stereocenters. The van der Waals surface area contributed by atoms with Gasteiger partial charge in [-0.25, -0.2) is 9.79 Å². The van der Waals surface area contributed by atoms with Gasteiger partial charge in [0.1, 0.15) is 11.9 Å². The van der Waals surface area contributed by atoms with Gasteiger partial charge < -0.3 is 19.7 Å². The zero-order chi connectivity index (χ0) is 22.6. The third-order valence-corrected chi connectivity index (χ3v) is 6.76. The quantitative estimate of drug-likeness (QED) is 0.751. The Hall–Kier alpha value is -2.97. The molecule has 5 rings (SSSR count). The summed E-state index contributed by atoms with van der Waals surface area (Å²) in [5.74, 6) is 0.588. The standard InChI is InChI=1S/C23H26ClN5O3/c1-14-16(24)6-5-7-17(14)26-21-15-8-19(20(31-4)9-18(15)25-13-28(21)3)29-12-23(32-22(29)30)10-27(2)11-23/h5-9,13,21,26H,10-12H2,1-4H3. The molecule has 32 heavy (non-hydrogen) atoms. The van der Waals surface area contributed by atoms with Crippen LogP contribution in [0.1, 0.15) is 17.3 Å². The molecule has 0 saturated carbocycles. The van der Waals surface area contributed by atoms with Crippen LogP contribution in [0.25, 0.3) is 0 Å². The summed E-state index contributed by atoms with van der Waals surface area (Å²) in [5, 5.41) is 4.28. The molecular formula is C23H26ClN5O3. The topological polar surface area (TPSA) is 69.6 Å². The molecule has 1 unspecified atom stereocenters. The number of benzene rings is 2. The summed E-state index contributed by atoms with van der Waals surface area (Å²) in [5.41, 5.74) is 3.86. The van der Waals surface area contributed by atoms with Crippen molar-refractivity contribution >= 4 is 41.1 Å². The maximum atomic E-state index is 12.8. The second-order valence-electron chi connectivity index (χ2n) is 8.76. The fraction of sp³-hybridized carbons (Fsp3) is 0.391. The highest BCUT2D eigenvalue weighted by Gasteiger charge is 2.53. The summed E-state index contributed by atoms with van der Waals surface area (Å²) < 4.78 is 11.4. The Morgan fingerprint density at radius 1 is 1.25 bits per heavy atom. The Kier molecular flexibility index (Phi) is 4.94. The molecule has 0 aromatic heterocycles. The van der Waals surface area contributed by atoms with Gasteiger partial charge in [0.15, 0.2) is 5.60 Å². The smallest absolute Gasteiger partial charge is 0.415 e. The molecule has 1 amide bonds. The van der Waals surface area contributed by atoms with E-state index < -0.39 is 5.60 Å². The number of likely N-dealkylation sites (N-methyl/N-ethyl adjacent to an activating group) is 1. The molecule has 2 aromatic carbocycles. The normalized spacial score (nSPS) is 21.4. The lowest BCUT2D eigenvalue weighted by Gasteiger charge is -2.43. The molecule has 3 heterocycles. The van der Waals surface area contributed by atoms with Crippen LogP contribution in [0.5, 0.6) is 5.75 Å². The number of carbonyl (C=O) groups is 1. The predicted octanol–water partition coefficient (Wildman–Crippen LogP) is 4.01. The monoisotopic (exact) mass is 455 g/mol. The zero-order valence-electron chi connectivity index (χ0n) is 18.6. The number of likely N-dealkylation sites (tertiary alicyclic amines) is 1. The van der Waals surface area contributed by atoms with Crippen LogP contribution in [0.15, 0.2) is 35.3 Å². The van der Waals surface area contributed by atoms with Gasteiger partial charge in [0.05, 0.1) is 31.4 Å². The Bertz CT molecular complexity index is 1120. The molecule has 3 aliphatic rings. The molecule has 168 valence electrons. The largest absolute Gasteiger partial charge is 0.494 e. The van der Waals surface area contributed by atoms with Crippen molar-refractivity contribution in [2.24, 2.45) is 4.99 Å². The predicted molar refractivity (Wildman–Crippen MR) is 126 cm³/mol. The highest BCUT2D eigenvalue weighted by Crippen LogP contribution is 2.44. The van der Waals surface area contributed by atoms with Crippen molar-refractivity contribution in [2.45, 2.75) is 18.7 Å². The second kappa shape index (κ2) is 7.56. The van der Waals surface area contributed by atoms with Gasteiger partial charge in [-0.05, 0) is 37.7 Å². The van der Waals surface area contributed by atoms with E-state index in [2.05, 4.69) is 15.2 Å². The van der Waals surface area contributed by atoms with E-state index in [1.165, 1.54) is 0 Å². The third kappa shape index (κ3) is 3.34. The first-order valence-corrected chi connectivity index (χ1v) is 10.9. The van der Waals surface area contributed by atoms with Crippen molar-refractivity contribution in [2.75, 3.05) is 51.1 Å². The van der Waals surface area contributed by atoms with Crippen molar-refractivity contribution in [3.05, 3.63) is 46.5 Å². The number of halogens is 1. The number of hydrogen-bond acceptors (Lipinski definition) is 7. The lowest BCUT2D eigenvalue weighted by Crippen LogP contribution is -2.62. The number of hydrogen-bond donors (Lipinski definition) is 1. The van der Waals surface area contributed by atoms with Gasteiger partial charge in [-0.3, -0.25) is 9.80 Å². The number of nitrogens with zero attached hydrogens (tertiary/aromatic N) is 4. The molecule has 1 N–H and O–H groups in total. The SMILES string of the molecule is COc1cc2c(cc1N1CC3(CN(C)C3)OC1=O)C(Nc1cccc(Cl)c1C)N(C)C=N2. The van der Waals surface area contributed by atoms with E-state index in [1.54, 1.807) is 18.3 Å². The first-order valence-electron chi connectivity index (χ1n) is 10.5. The lowest BCUT2D eigenvalue weighted by atomic mass is 9.95. The molecular weight excluding hydrogens is 430 g/mol. The lowest BCUT2D eigenvalue weighted by molar-refractivity contribution is -0.0599. The van der Waals surface area contributed by atoms with Crippen LogP contribution < -0.4 is 15.0 Å². The van der Waals surface area contributed by atoms with Crippen molar-refractivity contribution in [1.82, 2.24) is 9.80 Å². The molecule has 0 bridgehead atoms. The van der Waals surface area contributed by atoms with E-state index in [9.17, 15) is 4.79 Å². The van der Waals surface area contributed by atoms with Gasteiger partial charge in [-0.2, -0.15) is 0 Å². The molecule has 2 saturated heterocycles. The maximum absolute atomic E-state index is 12.8.